The molecule has 1 aromatic rings. The number of carbonyl (C=O) groups excluding carboxylic acids is 1. The molecular formula is C22H35N5O2. The lowest BCUT2D eigenvalue weighted by atomic mass is 9.95. The molecule has 160 valence electrons. The maximum Gasteiger partial charge on any atom is 0.217 e. The van der Waals surface area contributed by atoms with Crippen LogP contribution in [-0.4, -0.2) is 74.7 Å². The Kier molecular flexibility index (Phi) is 7.89. The highest BCUT2D eigenvalue weighted by Gasteiger charge is 2.26. The molecule has 0 radical (unpaired) electrons. The molecule has 2 aliphatic heterocycles. The van der Waals surface area contributed by atoms with Gasteiger partial charge in [0.2, 0.25) is 5.91 Å². The Labute approximate surface area is 174 Å². The number of aliphatic imine (C=N–C) groups is 1. The predicted molar refractivity (Wildman–Crippen MR) is 116 cm³/mol. The molecule has 2 atom stereocenters. The van der Waals surface area contributed by atoms with E-state index in [1.807, 2.05) is 7.05 Å². The van der Waals surface area contributed by atoms with Crippen LogP contribution in [0.25, 0.3) is 0 Å². The van der Waals surface area contributed by atoms with Gasteiger partial charge in [-0.2, -0.15) is 0 Å². The number of hydrogen-bond donors (Lipinski definition) is 2. The molecule has 29 heavy (non-hydrogen) atoms. The van der Waals surface area contributed by atoms with Crippen molar-refractivity contribution in [1.29, 1.82) is 0 Å². The molecule has 2 saturated heterocycles. The molecule has 2 heterocycles. The van der Waals surface area contributed by atoms with Crippen LogP contribution < -0.4 is 11.1 Å². The summed E-state index contributed by atoms with van der Waals surface area (Å²) in [5.74, 6) is 1.00. The minimum Gasteiger partial charge on any atom is -0.379 e. The summed E-state index contributed by atoms with van der Waals surface area (Å²) in [6.07, 6.45) is 2.56. The van der Waals surface area contributed by atoms with E-state index in [0.717, 1.165) is 64.7 Å². The van der Waals surface area contributed by atoms with Gasteiger partial charge in [0.1, 0.15) is 0 Å². The maximum absolute atomic E-state index is 11.3. The highest BCUT2D eigenvalue weighted by molar-refractivity contribution is 5.80. The molecule has 1 amide bonds. The summed E-state index contributed by atoms with van der Waals surface area (Å²) in [7, 11) is 1.83. The van der Waals surface area contributed by atoms with E-state index in [4.69, 9.17) is 10.5 Å². The normalized spacial score (nSPS) is 22.3. The van der Waals surface area contributed by atoms with Crippen LogP contribution in [0, 0.1) is 12.8 Å². The first kappa shape index (κ1) is 21.6. The lowest BCUT2D eigenvalue weighted by molar-refractivity contribution is -0.119. The Hall–Kier alpha value is -2.12. The van der Waals surface area contributed by atoms with E-state index in [-0.39, 0.29) is 11.9 Å². The van der Waals surface area contributed by atoms with Gasteiger partial charge in [-0.3, -0.25) is 14.7 Å². The number of benzene rings is 1. The van der Waals surface area contributed by atoms with Crippen LogP contribution in [0.4, 0.5) is 0 Å². The monoisotopic (exact) mass is 401 g/mol. The van der Waals surface area contributed by atoms with E-state index >= 15 is 0 Å². The molecule has 7 heteroatoms. The number of ether oxygens (including phenoxy) is 1. The highest BCUT2D eigenvalue weighted by atomic mass is 16.5. The number of rotatable bonds is 6. The van der Waals surface area contributed by atoms with Gasteiger partial charge in [0.15, 0.2) is 5.96 Å². The highest BCUT2D eigenvalue weighted by Crippen LogP contribution is 2.23. The van der Waals surface area contributed by atoms with Crippen molar-refractivity contribution < 1.29 is 9.53 Å². The van der Waals surface area contributed by atoms with Gasteiger partial charge in [0.05, 0.1) is 19.3 Å². The fourth-order valence-corrected chi connectivity index (χ4v) is 4.36. The van der Waals surface area contributed by atoms with Crippen molar-refractivity contribution in [3.63, 3.8) is 0 Å². The summed E-state index contributed by atoms with van der Waals surface area (Å²) in [5, 5.41) is 3.60. The number of guanidine groups is 1. The van der Waals surface area contributed by atoms with E-state index < -0.39 is 0 Å². The molecule has 7 nitrogen and oxygen atoms in total. The first-order valence-corrected chi connectivity index (χ1v) is 10.7. The number of piperidine rings is 1. The molecule has 0 aliphatic carbocycles. The Balaban J connectivity index is 1.66. The number of carbonyl (C=O) groups is 1. The lowest BCUT2D eigenvalue weighted by Gasteiger charge is -2.38. The second-order valence-corrected chi connectivity index (χ2v) is 8.13. The second-order valence-electron chi connectivity index (χ2n) is 8.13. The molecule has 0 saturated carbocycles. The van der Waals surface area contributed by atoms with Crippen molar-refractivity contribution in [3.8, 4) is 0 Å². The van der Waals surface area contributed by atoms with Gasteiger partial charge in [-0.05, 0) is 31.2 Å². The van der Waals surface area contributed by atoms with Crippen molar-refractivity contribution in [3.05, 3.63) is 35.4 Å². The van der Waals surface area contributed by atoms with E-state index in [0.29, 0.717) is 12.3 Å². The summed E-state index contributed by atoms with van der Waals surface area (Å²) in [6, 6.07) is 9.07. The first-order chi connectivity index (χ1) is 14.1. The smallest absolute Gasteiger partial charge is 0.217 e. The molecule has 2 unspecified atom stereocenters. The summed E-state index contributed by atoms with van der Waals surface area (Å²) in [6.45, 7) is 8.11. The van der Waals surface area contributed by atoms with E-state index in [9.17, 15) is 4.79 Å². The van der Waals surface area contributed by atoms with Gasteiger partial charge in [-0.1, -0.05) is 29.8 Å². The third-order valence-electron chi connectivity index (χ3n) is 5.92. The zero-order chi connectivity index (χ0) is 20.6. The number of primary amides is 1. The van der Waals surface area contributed by atoms with Gasteiger partial charge in [-0.15, -0.1) is 0 Å². The molecule has 2 fully saturated rings. The van der Waals surface area contributed by atoms with Gasteiger partial charge >= 0.3 is 0 Å². The van der Waals surface area contributed by atoms with E-state index in [1.54, 1.807) is 0 Å². The predicted octanol–water partition coefficient (Wildman–Crippen LogP) is 1.53. The third kappa shape index (κ3) is 6.18. The van der Waals surface area contributed by atoms with Crippen molar-refractivity contribution in [2.24, 2.45) is 16.6 Å². The minimum absolute atomic E-state index is 0.216. The van der Waals surface area contributed by atoms with Crippen LogP contribution in [0.1, 0.15) is 36.4 Å². The molecule has 3 rings (SSSR count). The number of nitrogens with zero attached hydrogens (tertiary/aromatic N) is 3. The number of nitrogens with two attached hydrogens (primary N) is 1. The van der Waals surface area contributed by atoms with Crippen LogP contribution in [0.5, 0.6) is 0 Å². The maximum atomic E-state index is 11.3. The summed E-state index contributed by atoms with van der Waals surface area (Å²) in [5.41, 5.74) is 8.00. The van der Waals surface area contributed by atoms with Crippen LogP contribution in [0.3, 0.4) is 0 Å². The fraction of sp³-hybridized carbons (Fsp3) is 0.636. The minimum atomic E-state index is -0.216. The Bertz CT molecular complexity index is 685. The second kappa shape index (κ2) is 10.6. The number of amides is 1. The standard InChI is InChI=1S/C22H35N5O2/c1-17-5-7-19(8-6-17)20(26-10-12-29-13-11-26)15-25-22(24-2)27-9-3-4-18(16-27)14-21(23)28/h5-8,18,20H,3-4,9-16H2,1-2H3,(H2,23,28)(H,24,25). The third-order valence-corrected chi connectivity index (χ3v) is 5.92. The lowest BCUT2D eigenvalue weighted by Crippen LogP contribution is -2.50. The quantitative estimate of drug-likeness (QED) is 0.558. The Morgan fingerprint density at radius 2 is 2.00 bits per heavy atom. The fourth-order valence-electron chi connectivity index (χ4n) is 4.36. The van der Waals surface area contributed by atoms with Crippen molar-refractivity contribution in [2.75, 3.05) is 53.0 Å². The Morgan fingerprint density at radius 1 is 1.28 bits per heavy atom. The van der Waals surface area contributed by atoms with Gasteiger partial charge in [-0.25, -0.2) is 0 Å². The largest absolute Gasteiger partial charge is 0.379 e. The Morgan fingerprint density at radius 3 is 2.66 bits per heavy atom. The van der Waals surface area contributed by atoms with Crippen molar-refractivity contribution in [1.82, 2.24) is 15.1 Å². The number of hydrogen-bond acceptors (Lipinski definition) is 4. The molecule has 0 spiro atoms. The molecule has 0 aromatic heterocycles. The topological polar surface area (TPSA) is 83.2 Å². The molecule has 3 N–H and O–H groups in total. The first-order valence-electron chi connectivity index (χ1n) is 10.7. The van der Waals surface area contributed by atoms with Crippen molar-refractivity contribution in [2.45, 2.75) is 32.2 Å². The molecular weight excluding hydrogens is 366 g/mol. The summed E-state index contributed by atoms with van der Waals surface area (Å²) >= 11 is 0. The van der Waals surface area contributed by atoms with Crippen LogP contribution in [0.15, 0.2) is 29.3 Å². The van der Waals surface area contributed by atoms with Crippen LogP contribution >= 0.6 is 0 Å². The average molecular weight is 402 g/mol. The van der Waals surface area contributed by atoms with Crippen LogP contribution in [-0.2, 0) is 9.53 Å². The zero-order valence-electron chi connectivity index (χ0n) is 17.8. The summed E-state index contributed by atoms with van der Waals surface area (Å²) in [4.78, 5) is 20.6. The number of morpholine rings is 1. The van der Waals surface area contributed by atoms with E-state index in [2.05, 4.69) is 51.3 Å². The molecule has 2 aliphatic rings. The molecule has 1 aromatic carbocycles. The van der Waals surface area contributed by atoms with Gasteiger partial charge in [0, 0.05) is 46.2 Å². The van der Waals surface area contributed by atoms with Gasteiger partial charge < -0.3 is 20.7 Å². The number of likely N-dealkylation sites (tertiary alicyclic amines) is 1. The van der Waals surface area contributed by atoms with Crippen molar-refractivity contribution >= 4 is 11.9 Å². The van der Waals surface area contributed by atoms with E-state index in [1.165, 1.54) is 11.1 Å². The molecule has 0 bridgehead atoms. The number of aryl methyl sites for hydroxylation is 1. The van der Waals surface area contributed by atoms with Gasteiger partial charge in [0.25, 0.3) is 0 Å². The number of nitrogens with one attached hydrogen (secondary N) is 1. The summed E-state index contributed by atoms with van der Waals surface area (Å²) < 4.78 is 5.56. The average Bonchev–Trinajstić information content (AvgIpc) is 2.73. The SMILES string of the molecule is CN=C(NCC(c1ccc(C)cc1)N1CCOCC1)N1CCCC(CC(N)=O)C1. The van der Waals surface area contributed by atoms with Crippen LogP contribution in [0.2, 0.25) is 0 Å². The zero-order valence-corrected chi connectivity index (χ0v) is 17.8.